The Hall–Kier alpha value is -1.48. The number of fused-ring (bicyclic) bond motifs is 5. The lowest BCUT2D eigenvalue weighted by atomic mass is 9.85. The first-order valence-corrected chi connectivity index (χ1v) is 9.11. The summed E-state index contributed by atoms with van der Waals surface area (Å²) in [7, 11) is -1.31. The van der Waals surface area contributed by atoms with Gasteiger partial charge >= 0.3 is 6.18 Å². The molecular weight excluding hydrogens is 411 g/mol. The summed E-state index contributed by atoms with van der Waals surface area (Å²) in [6.07, 6.45) is -1.28. The number of benzene rings is 1. The van der Waals surface area contributed by atoms with E-state index in [1.54, 1.807) is 12.2 Å². The van der Waals surface area contributed by atoms with E-state index < -0.39 is 56.7 Å². The van der Waals surface area contributed by atoms with Crippen molar-refractivity contribution in [2.75, 3.05) is 4.90 Å². The van der Waals surface area contributed by atoms with E-state index in [2.05, 4.69) is 15.9 Å². The second-order valence-electron chi connectivity index (χ2n) is 5.87. The van der Waals surface area contributed by atoms with Gasteiger partial charge in [-0.2, -0.15) is 13.2 Å². The first kappa shape index (κ1) is 16.0. The lowest BCUT2D eigenvalue weighted by Gasteiger charge is -2.19. The van der Waals surface area contributed by atoms with E-state index in [4.69, 9.17) is 0 Å². The van der Waals surface area contributed by atoms with E-state index >= 15 is 0 Å². The molecule has 3 aliphatic heterocycles. The van der Waals surface area contributed by atoms with E-state index in [9.17, 15) is 27.0 Å². The zero-order chi connectivity index (χ0) is 17.4. The van der Waals surface area contributed by atoms with Gasteiger partial charge in [0.05, 0.1) is 33.6 Å². The molecule has 4 unspecified atom stereocenters. The molecule has 0 saturated carbocycles. The van der Waals surface area contributed by atoms with Crippen molar-refractivity contribution in [3.05, 3.63) is 40.4 Å². The number of hydrogen-bond donors (Lipinski definition) is 0. The van der Waals surface area contributed by atoms with Gasteiger partial charge in [-0.3, -0.25) is 13.8 Å². The number of halogens is 4. The molecule has 0 spiro atoms. The topological polar surface area (TPSA) is 54.5 Å². The molecule has 3 aliphatic rings. The third-order valence-corrected chi connectivity index (χ3v) is 7.31. The maximum absolute atomic E-state index is 13.1. The molecule has 0 N–H and O–H groups in total. The number of anilines is 1. The van der Waals surface area contributed by atoms with Crippen molar-refractivity contribution in [2.45, 2.75) is 16.7 Å². The number of carbonyl (C=O) groups is 2. The quantitative estimate of drug-likeness (QED) is 0.519. The van der Waals surface area contributed by atoms with Gasteiger partial charge in [-0.25, -0.2) is 4.90 Å². The lowest BCUT2D eigenvalue weighted by molar-refractivity contribution is -0.138. The Balaban J connectivity index is 1.76. The molecule has 24 heavy (non-hydrogen) atoms. The fourth-order valence-corrected chi connectivity index (χ4v) is 6.09. The van der Waals surface area contributed by atoms with Gasteiger partial charge in [-0.05, 0) is 18.2 Å². The van der Waals surface area contributed by atoms with Crippen molar-refractivity contribution in [1.82, 2.24) is 0 Å². The molecule has 126 valence electrons. The number of rotatable bonds is 1. The molecule has 2 amide bonds. The Kier molecular flexibility index (Phi) is 3.34. The van der Waals surface area contributed by atoms with Gasteiger partial charge in [-0.15, -0.1) is 0 Å². The molecule has 2 bridgehead atoms. The molecule has 4 rings (SSSR count). The average molecular weight is 420 g/mol. The second kappa shape index (κ2) is 5.01. The van der Waals surface area contributed by atoms with E-state index in [0.29, 0.717) is 0 Å². The SMILES string of the molecule is O=C1C2C3C=CC([C@@H]2C(=O)N1c1ccc(Br)c(C(F)(F)F)c1)S3=O. The van der Waals surface area contributed by atoms with Gasteiger partial charge in [0, 0.05) is 15.3 Å². The van der Waals surface area contributed by atoms with E-state index in [1.165, 1.54) is 6.07 Å². The van der Waals surface area contributed by atoms with Crippen molar-refractivity contribution < 1.29 is 27.0 Å². The number of alkyl halides is 3. The highest BCUT2D eigenvalue weighted by Crippen LogP contribution is 2.49. The molecule has 1 aromatic carbocycles. The first-order chi connectivity index (χ1) is 11.2. The van der Waals surface area contributed by atoms with Crippen LogP contribution >= 0.6 is 15.9 Å². The maximum Gasteiger partial charge on any atom is 0.417 e. The Bertz CT molecular complexity index is 804. The van der Waals surface area contributed by atoms with Crippen LogP contribution < -0.4 is 4.90 Å². The van der Waals surface area contributed by atoms with Gasteiger partial charge in [0.2, 0.25) is 11.8 Å². The Morgan fingerprint density at radius 1 is 1.04 bits per heavy atom. The summed E-state index contributed by atoms with van der Waals surface area (Å²) in [4.78, 5) is 26.1. The third kappa shape index (κ3) is 2.00. The third-order valence-electron chi connectivity index (χ3n) is 4.65. The fraction of sp³-hybridized carbons (Fsp3) is 0.333. The molecule has 2 saturated heterocycles. The molecule has 4 nitrogen and oxygen atoms in total. The minimum absolute atomic E-state index is 0.111. The highest BCUT2D eigenvalue weighted by molar-refractivity contribution is 9.10. The molecular formula is C15H9BrF3NO3S. The van der Waals surface area contributed by atoms with Crippen molar-refractivity contribution in [3.8, 4) is 0 Å². The van der Waals surface area contributed by atoms with Crippen molar-refractivity contribution in [1.29, 1.82) is 0 Å². The van der Waals surface area contributed by atoms with Crippen LogP contribution in [0.1, 0.15) is 5.56 Å². The summed E-state index contributed by atoms with van der Waals surface area (Å²) in [5.74, 6) is -2.64. The Morgan fingerprint density at radius 3 is 2.08 bits per heavy atom. The molecule has 0 aromatic heterocycles. The molecule has 5 atom stereocenters. The number of carbonyl (C=O) groups excluding carboxylic acids is 2. The summed E-state index contributed by atoms with van der Waals surface area (Å²) in [5.41, 5.74) is -1.07. The standard InChI is InChI=1S/C15H9BrF3NO3S/c16-8-2-1-6(5-7(8)15(17,18)19)20-13(21)11-9-3-4-10(24(9)23)12(11)14(20)22/h1-5,9-12H/t9?,10?,11-,12?,24?/m0/s1. The van der Waals surface area contributed by atoms with Gasteiger partial charge in [-0.1, -0.05) is 28.1 Å². The summed E-state index contributed by atoms with van der Waals surface area (Å²) >= 11 is 2.83. The highest BCUT2D eigenvalue weighted by Gasteiger charge is 2.63. The van der Waals surface area contributed by atoms with Gasteiger partial charge in [0.1, 0.15) is 0 Å². The molecule has 0 radical (unpaired) electrons. The predicted molar refractivity (Wildman–Crippen MR) is 83.5 cm³/mol. The van der Waals surface area contributed by atoms with Crippen molar-refractivity contribution in [3.63, 3.8) is 0 Å². The zero-order valence-corrected chi connectivity index (χ0v) is 14.2. The largest absolute Gasteiger partial charge is 0.417 e. The molecule has 9 heteroatoms. The molecule has 1 aromatic rings. The number of imide groups is 1. The number of nitrogens with zero attached hydrogens (tertiary/aromatic N) is 1. The monoisotopic (exact) mass is 419 g/mol. The van der Waals surface area contributed by atoms with E-state index in [1.807, 2.05) is 0 Å². The summed E-state index contributed by atoms with van der Waals surface area (Å²) in [5, 5.41) is -1.06. The number of hydrogen-bond acceptors (Lipinski definition) is 3. The second-order valence-corrected chi connectivity index (χ2v) is 8.47. The van der Waals surface area contributed by atoms with Crippen LogP contribution in [0.2, 0.25) is 0 Å². The smallest absolute Gasteiger partial charge is 0.274 e. The van der Waals surface area contributed by atoms with Crippen LogP contribution in [0.25, 0.3) is 0 Å². The van der Waals surface area contributed by atoms with E-state index in [-0.39, 0.29) is 10.2 Å². The summed E-state index contributed by atoms with van der Waals surface area (Å²) in [6, 6.07) is 3.24. The molecule has 2 fully saturated rings. The average Bonchev–Trinajstić information content (AvgIpc) is 3.09. The van der Waals surface area contributed by atoms with Crippen LogP contribution in [0.3, 0.4) is 0 Å². The fourth-order valence-electron chi connectivity index (χ4n) is 3.61. The summed E-state index contributed by atoms with van der Waals surface area (Å²) in [6.45, 7) is 0. The van der Waals surface area contributed by atoms with Crippen LogP contribution in [0.4, 0.5) is 18.9 Å². The minimum atomic E-state index is -4.61. The predicted octanol–water partition coefficient (Wildman–Crippen LogP) is 2.64. The van der Waals surface area contributed by atoms with Crippen LogP contribution in [-0.4, -0.2) is 26.5 Å². The lowest BCUT2D eigenvalue weighted by Crippen LogP contribution is -2.35. The molecule has 0 aliphatic carbocycles. The Morgan fingerprint density at radius 2 is 1.58 bits per heavy atom. The van der Waals surface area contributed by atoms with Crippen LogP contribution in [0.15, 0.2) is 34.8 Å². The number of amides is 2. The normalized spacial score (nSPS) is 34.3. The summed E-state index contributed by atoms with van der Waals surface area (Å²) < 4.78 is 51.1. The van der Waals surface area contributed by atoms with Crippen LogP contribution in [0, 0.1) is 11.8 Å². The van der Waals surface area contributed by atoms with Gasteiger partial charge in [0.15, 0.2) is 0 Å². The molecule has 3 heterocycles. The van der Waals surface area contributed by atoms with E-state index in [0.717, 1.165) is 17.0 Å². The first-order valence-electron chi connectivity index (χ1n) is 7.04. The van der Waals surface area contributed by atoms with Crippen LogP contribution in [0.5, 0.6) is 0 Å². The van der Waals surface area contributed by atoms with Gasteiger partial charge < -0.3 is 0 Å². The van der Waals surface area contributed by atoms with Crippen molar-refractivity contribution in [2.24, 2.45) is 11.8 Å². The van der Waals surface area contributed by atoms with Crippen LogP contribution in [-0.2, 0) is 26.6 Å². The maximum atomic E-state index is 13.1. The van der Waals surface area contributed by atoms with Gasteiger partial charge in [0.25, 0.3) is 0 Å². The zero-order valence-electron chi connectivity index (χ0n) is 11.8. The Labute approximate surface area is 145 Å². The minimum Gasteiger partial charge on any atom is -0.274 e. The van der Waals surface area contributed by atoms with Crippen molar-refractivity contribution >= 4 is 44.2 Å². The highest BCUT2D eigenvalue weighted by atomic mass is 79.9.